The van der Waals surface area contributed by atoms with Gasteiger partial charge in [0.25, 0.3) is 0 Å². The first-order valence-electron chi connectivity index (χ1n) is 15.8. The Kier molecular flexibility index (Phi) is 21.7. The Labute approximate surface area is 252 Å². The fourth-order valence-corrected chi connectivity index (χ4v) is 7.64. The smallest absolute Gasteiger partial charge is 0.222 e. The number of aliphatic hydroxyl groups excluding tert-OH is 1. The van der Waals surface area contributed by atoms with Gasteiger partial charge in [-0.2, -0.15) is 0 Å². The number of azide groups is 1. The fourth-order valence-electron chi connectivity index (χ4n) is 5.16. The van der Waals surface area contributed by atoms with Crippen molar-refractivity contribution >= 4 is 33.4 Å². The molecular formula is C30H57N5O3S2. The minimum absolute atomic E-state index is 0.0139. The Balaban J connectivity index is 1.90. The summed E-state index contributed by atoms with van der Waals surface area (Å²) in [4.78, 5) is 29.4. The van der Waals surface area contributed by atoms with E-state index in [1.807, 2.05) is 4.90 Å². The summed E-state index contributed by atoms with van der Waals surface area (Å²) >= 11 is 0. The summed E-state index contributed by atoms with van der Waals surface area (Å²) in [6, 6.07) is 0.182. The average molecular weight is 600 g/mol. The van der Waals surface area contributed by atoms with E-state index >= 15 is 0 Å². The third-order valence-corrected chi connectivity index (χ3v) is 11.0. The van der Waals surface area contributed by atoms with Gasteiger partial charge in [0.05, 0.1) is 6.10 Å². The van der Waals surface area contributed by atoms with Crippen molar-refractivity contribution in [1.29, 1.82) is 0 Å². The number of likely N-dealkylation sites (tertiary alicyclic amines) is 1. The molecule has 232 valence electrons. The van der Waals surface area contributed by atoms with Gasteiger partial charge in [0.2, 0.25) is 11.8 Å². The van der Waals surface area contributed by atoms with Crippen LogP contribution in [-0.2, 0) is 9.59 Å². The molecule has 0 unspecified atom stereocenters. The molecule has 1 heterocycles. The number of amides is 2. The van der Waals surface area contributed by atoms with Gasteiger partial charge in [-0.3, -0.25) is 9.59 Å². The Morgan fingerprint density at radius 3 is 2.12 bits per heavy atom. The van der Waals surface area contributed by atoms with Gasteiger partial charge in [-0.1, -0.05) is 104 Å². The molecule has 0 aromatic carbocycles. The number of nitrogens with one attached hydrogen (secondary N) is 1. The molecule has 1 saturated heterocycles. The van der Waals surface area contributed by atoms with E-state index in [1.54, 1.807) is 21.6 Å². The van der Waals surface area contributed by atoms with Gasteiger partial charge >= 0.3 is 0 Å². The molecule has 40 heavy (non-hydrogen) atoms. The summed E-state index contributed by atoms with van der Waals surface area (Å²) in [6.07, 6.45) is 19.1. The standard InChI is InChI=1S/C30H57N5O3S2/c1-4-26-24-27(36)25-35(26)29(38)19-20-30(2,3)40-39-23-22-32-28(37)18-16-14-12-10-8-6-5-7-9-11-13-15-17-21-33-34-31/h26-27,36H,4-25H2,1-3H3,(H,32,37)/t26-,27-/m1/s1. The highest BCUT2D eigenvalue weighted by atomic mass is 33.1. The van der Waals surface area contributed by atoms with Crippen molar-refractivity contribution in [3.8, 4) is 0 Å². The lowest BCUT2D eigenvalue weighted by Crippen LogP contribution is -2.36. The molecule has 0 aromatic rings. The SMILES string of the molecule is CC[C@@H]1C[C@@H](O)CN1C(=O)CCC(C)(C)SSCCNC(=O)CCCCCCCCCCCCCCCN=[N+]=[N-]. The number of rotatable bonds is 25. The number of aliphatic hydroxyl groups is 1. The van der Waals surface area contributed by atoms with E-state index in [9.17, 15) is 14.7 Å². The molecule has 0 aliphatic carbocycles. The zero-order chi connectivity index (χ0) is 29.5. The van der Waals surface area contributed by atoms with Crippen molar-refractivity contribution in [2.75, 3.05) is 25.4 Å². The predicted octanol–water partition coefficient (Wildman–Crippen LogP) is 8.19. The number of β-amino-alcohol motifs (C(OH)–C–C–N with tert-alkyl or cyclic N) is 1. The molecular weight excluding hydrogens is 542 g/mol. The van der Waals surface area contributed by atoms with Crippen LogP contribution >= 0.6 is 21.6 Å². The van der Waals surface area contributed by atoms with Gasteiger partial charge in [-0.25, -0.2) is 0 Å². The second-order valence-corrected chi connectivity index (χ2v) is 14.9. The van der Waals surface area contributed by atoms with Crippen LogP contribution in [0, 0.1) is 0 Å². The highest BCUT2D eigenvalue weighted by molar-refractivity contribution is 8.77. The number of hydrogen-bond acceptors (Lipinski definition) is 6. The summed E-state index contributed by atoms with van der Waals surface area (Å²) in [5.41, 5.74) is 8.24. The third-order valence-electron chi connectivity index (χ3n) is 7.64. The maximum absolute atomic E-state index is 12.7. The minimum atomic E-state index is -0.377. The molecule has 1 rings (SSSR count). The van der Waals surface area contributed by atoms with Gasteiger partial charge < -0.3 is 15.3 Å². The first kappa shape index (κ1) is 36.9. The third kappa shape index (κ3) is 19.1. The monoisotopic (exact) mass is 599 g/mol. The first-order valence-corrected chi connectivity index (χ1v) is 18.2. The van der Waals surface area contributed by atoms with Crippen LogP contribution in [0.1, 0.15) is 136 Å². The predicted molar refractivity (Wildman–Crippen MR) is 171 cm³/mol. The highest BCUT2D eigenvalue weighted by Gasteiger charge is 2.33. The molecule has 1 fully saturated rings. The molecule has 2 amide bonds. The number of nitrogens with zero attached hydrogens (tertiary/aromatic N) is 4. The van der Waals surface area contributed by atoms with Crippen LogP contribution in [0.15, 0.2) is 5.11 Å². The van der Waals surface area contributed by atoms with E-state index in [2.05, 4.69) is 36.1 Å². The molecule has 0 aromatic heterocycles. The molecule has 0 radical (unpaired) electrons. The summed E-state index contributed by atoms with van der Waals surface area (Å²) in [5, 5.41) is 16.5. The highest BCUT2D eigenvalue weighted by Crippen LogP contribution is 2.39. The van der Waals surface area contributed by atoms with E-state index < -0.39 is 0 Å². The van der Waals surface area contributed by atoms with E-state index in [1.165, 1.54) is 64.2 Å². The molecule has 0 spiro atoms. The van der Waals surface area contributed by atoms with Crippen molar-refractivity contribution in [3.63, 3.8) is 0 Å². The Bertz CT molecular complexity index is 734. The van der Waals surface area contributed by atoms with Gasteiger partial charge in [-0.15, -0.1) is 0 Å². The van der Waals surface area contributed by atoms with Crippen molar-refractivity contribution < 1.29 is 14.7 Å². The second-order valence-electron chi connectivity index (χ2n) is 11.8. The zero-order valence-electron chi connectivity index (χ0n) is 25.6. The fraction of sp³-hybridized carbons (Fsp3) is 0.933. The van der Waals surface area contributed by atoms with E-state index in [4.69, 9.17) is 5.53 Å². The van der Waals surface area contributed by atoms with E-state index in [0.29, 0.717) is 38.9 Å². The van der Waals surface area contributed by atoms with E-state index in [-0.39, 0.29) is 28.7 Å². The zero-order valence-corrected chi connectivity index (χ0v) is 27.2. The van der Waals surface area contributed by atoms with Crippen LogP contribution in [0.2, 0.25) is 0 Å². The molecule has 1 aliphatic heterocycles. The normalized spacial score (nSPS) is 17.1. The molecule has 0 bridgehead atoms. The minimum Gasteiger partial charge on any atom is -0.391 e. The van der Waals surface area contributed by atoms with Gasteiger partial charge in [-0.05, 0) is 51.5 Å². The van der Waals surface area contributed by atoms with Crippen molar-refractivity contribution in [2.24, 2.45) is 5.11 Å². The topological polar surface area (TPSA) is 118 Å². The van der Waals surface area contributed by atoms with Crippen molar-refractivity contribution in [1.82, 2.24) is 10.2 Å². The van der Waals surface area contributed by atoms with E-state index in [0.717, 1.165) is 37.9 Å². The van der Waals surface area contributed by atoms with Crippen LogP contribution < -0.4 is 5.32 Å². The molecule has 1 aliphatic rings. The van der Waals surface area contributed by atoms with Crippen LogP contribution in [0.4, 0.5) is 0 Å². The molecule has 2 N–H and O–H groups in total. The van der Waals surface area contributed by atoms with Gasteiger partial charge in [0.15, 0.2) is 0 Å². The summed E-state index contributed by atoms with van der Waals surface area (Å²) < 4.78 is -0.0139. The maximum atomic E-state index is 12.7. The number of carbonyl (C=O) groups excluding carboxylic acids is 2. The Morgan fingerprint density at radius 2 is 1.55 bits per heavy atom. The van der Waals surface area contributed by atoms with Crippen molar-refractivity contribution in [3.05, 3.63) is 10.4 Å². The van der Waals surface area contributed by atoms with Gasteiger partial charge in [0.1, 0.15) is 0 Å². The van der Waals surface area contributed by atoms with Crippen LogP contribution in [0.5, 0.6) is 0 Å². The number of unbranched alkanes of at least 4 members (excludes halogenated alkanes) is 12. The number of carbonyl (C=O) groups is 2. The molecule has 0 saturated carbocycles. The molecule has 8 nitrogen and oxygen atoms in total. The lowest BCUT2D eigenvalue weighted by Gasteiger charge is -2.27. The van der Waals surface area contributed by atoms with Crippen LogP contribution in [0.3, 0.4) is 0 Å². The summed E-state index contributed by atoms with van der Waals surface area (Å²) in [6.45, 7) is 8.22. The lowest BCUT2D eigenvalue weighted by atomic mass is 10.0. The number of hydrogen-bond donors (Lipinski definition) is 2. The van der Waals surface area contributed by atoms with Crippen LogP contribution in [-0.4, -0.2) is 64.1 Å². The Morgan fingerprint density at radius 1 is 0.975 bits per heavy atom. The molecule has 10 heteroatoms. The Hall–Kier alpha value is -1.09. The second kappa shape index (κ2) is 23.5. The maximum Gasteiger partial charge on any atom is 0.222 e. The lowest BCUT2D eigenvalue weighted by molar-refractivity contribution is -0.132. The van der Waals surface area contributed by atoms with Crippen LogP contribution in [0.25, 0.3) is 10.4 Å². The van der Waals surface area contributed by atoms with Crippen molar-refractivity contribution in [2.45, 2.75) is 153 Å². The summed E-state index contributed by atoms with van der Waals surface area (Å²) in [7, 11) is 3.56. The molecule has 2 atom stereocenters. The largest absolute Gasteiger partial charge is 0.391 e. The quantitative estimate of drug-likeness (QED) is 0.0360. The first-order chi connectivity index (χ1) is 19.3. The average Bonchev–Trinajstić information content (AvgIpc) is 3.32. The van der Waals surface area contributed by atoms with Gasteiger partial charge in [0, 0.05) is 53.9 Å². The summed E-state index contributed by atoms with van der Waals surface area (Å²) in [5.74, 6) is 1.18.